The number of hydrogen-bond acceptors (Lipinski definition) is 3. The number of sulfone groups is 1. The zero-order valence-corrected chi connectivity index (χ0v) is 16.7. The summed E-state index contributed by atoms with van der Waals surface area (Å²) in [5, 5.41) is 0. The Morgan fingerprint density at radius 3 is 2.10 bits per heavy atom. The third kappa shape index (κ3) is 2.89. The molecular formula is C24H21NO3S. The molecule has 0 spiro atoms. The molecule has 4 nitrogen and oxygen atoms in total. The van der Waals surface area contributed by atoms with Crippen LogP contribution in [0.3, 0.4) is 0 Å². The van der Waals surface area contributed by atoms with E-state index in [0.29, 0.717) is 11.1 Å². The molecule has 0 N–H and O–H groups in total. The first kappa shape index (κ1) is 19.2. The van der Waals surface area contributed by atoms with Gasteiger partial charge < -0.3 is 4.90 Å². The summed E-state index contributed by atoms with van der Waals surface area (Å²) < 4.78 is 28.0. The van der Waals surface area contributed by atoms with Crippen LogP contribution in [-0.2, 0) is 21.3 Å². The number of carbonyl (C=O) groups is 1. The Kier molecular flexibility index (Phi) is 4.84. The van der Waals surface area contributed by atoms with E-state index in [0.717, 1.165) is 5.56 Å². The Morgan fingerprint density at radius 1 is 0.862 bits per heavy atom. The lowest BCUT2D eigenvalue weighted by molar-refractivity contribution is 0.0661. The number of fused-ring (bicyclic) bond motifs is 1. The first-order chi connectivity index (χ1) is 14.0. The minimum Gasteiger partial charge on any atom is -0.310 e. The molecule has 4 rings (SSSR count). The van der Waals surface area contributed by atoms with E-state index >= 15 is 0 Å². The van der Waals surface area contributed by atoms with Gasteiger partial charge in [-0.15, -0.1) is 6.58 Å². The molecule has 1 amide bonds. The van der Waals surface area contributed by atoms with Crippen molar-refractivity contribution in [2.75, 3.05) is 0 Å². The van der Waals surface area contributed by atoms with Gasteiger partial charge in [-0.25, -0.2) is 8.42 Å². The summed E-state index contributed by atoms with van der Waals surface area (Å²) in [5.41, 5.74) is 1.79. The standard InChI is InChI=1S/C24H21NO3S/c1-2-17-24(29(27,28)20-13-7-4-8-14-20)22-16-10-9-15-21(22)23(26)25(24)18-19-11-5-3-6-12-19/h2-16H,1,17-18H2. The third-order valence-corrected chi connectivity index (χ3v) is 7.75. The minimum atomic E-state index is -3.94. The molecule has 1 aliphatic rings. The molecule has 1 aliphatic heterocycles. The third-order valence-electron chi connectivity index (χ3n) is 5.36. The average molecular weight is 404 g/mol. The largest absolute Gasteiger partial charge is 0.310 e. The van der Waals surface area contributed by atoms with Crippen LogP contribution in [0.15, 0.2) is 102 Å². The van der Waals surface area contributed by atoms with Crippen molar-refractivity contribution in [3.8, 4) is 0 Å². The second-order valence-electron chi connectivity index (χ2n) is 7.02. The van der Waals surface area contributed by atoms with Crippen LogP contribution in [0.1, 0.15) is 27.9 Å². The summed E-state index contributed by atoms with van der Waals surface area (Å²) in [6.07, 6.45) is 1.67. The maximum absolute atomic E-state index is 14.0. The van der Waals surface area contributed by atoms with E-state index in [4.69, 9.17) is 0 Å². The molecule has 0 aromatic heterocycles. The molecule has 0 saturated carbocycles. The van der Waals surface area contributed by atoms with Crippen molar-refractivity contribution in [2.45, 2.75) is 22.7 Å². The maximum atomic E-state index is 14.0. The quantitative estimate of drug-likeness (QED) is 0.568. The molecule has 1 atom stereocenters. The Balaban J connectivity index is 1.99. The van der Waals surface area contributed by atoms with E-state index in [-0.39, 0.29) is 23.8 Å². The number of carbonyl (C=O) groups excluding carboxylic acids is 1. The second kappa shape index (κ2) is 7.33. The van der Waals surface area contributed by atoms with Gasteiger partial charge in [-0.05, 0) is 23.8 Å². The number of hydrogen-bond donors (Lipinski definition) is 0. The molecule has 0 fully saturated rings. The van der Waals surface area contributed by atoms with Crippen LogP contribution in [0.2, 0.25) is 0 Å². The minimum absolute atomic E-state index is 0.0970. The highest BCUT2D eigenvalue weighted by Gasteiger charge is 2.57. The maximum Gasteiger partial charge on any atom is 0.256 e. The fourth-order valence-electron chi connectivity index (χ4n) is 4.04. The van der Waals surface area contributed by atoms with Crippen LogP contribution in [-0.4, -0.2) is 19.2 Å². The fraction of sp³-hybridized carbons (Fsp3) is 0.125. The van der Waals surface area contributed by atoms with Gasteiger partial charge in [0.1, 0.15) is 0 Å². The van der Waals surface area contributed by atoms with Gasteiger partial charge in [-0.2, -0.15) is 0 Å². The van der Waals surface area contributed by atoms with Crippen molar-refractivity contribution in [1.29, 1.82) is 0 Å². The van der Waals surface area contributed by atoms with Gasteiger partial charge in [-0.3, -0.25) is 4.79 Å². The summed E-state index contributed by atoms with van der Waals surface area (Å²) in [7, 11) is -3.94. The van der Waals surface area contributed by atoms with E-state index in [1.807, 2.05) is 30.3 Å². The zero-order valence-electron chi connectivity index (χ0n) is 15.9. The highest BCUT2D eigenvalue weighted by atomic mass is 32.2. The molecular weight excluding hydrogens is 382 g/mol. The Morgan fingerprint density at radius 2 is 1.45 bits per heavy atom. The van der Waals surface area contributed by atoms with Gasteiger partial charge in [0, 0.05) is 24.1 Å². The Labute approximate surface area is 171 Å². The predicted molar refractivity (Wildman–Crippen MR) is 113 cm³/mol. The lowest BCUT2D eigenvalue weighted by atomic mass is 10.0. The normalized spacial score (nSPS) is 18.5. The first-order valence-electron chi connectivity index (χ1n) is 9.38. The highest BCUT2D eigenvalue weighted by Crippen LogP contribution is 2.49. The molecule has 5 heteroatoms. The molecule has 0 saturated heterocycles. The van der Waals surface area contributed by atoms with Gasteiger partial charge in [0.15, 0.2) is 4.87 Å². The molecule has 1 unspecified atom stereocenters. The number of nitrogens with zero attached hydrogens (tertiary/aromatic N) is 1. The highest BCUT2D eigenvalue weighted by molar-refractivity contribution is 7.92. The summed E-state index contributed by atoms with van der Waals surface area (Å²) in [6.45, 7) is 4.00. The van der Waals surface area contributed by atoms with E-state index in [2.05, 4.69) is 6.58 Å². The zero-order chi connectivity index (χ0) is 20.5. The van der Waals surface area contributed by atoms with E-state index in [1.54, 1.807) is 60.7 Å². The van der Waals surface area contributed by atoms with Crippen LogP contribution < -0.4 is 0 Å². The Hall–Kier alpha value is -3.18. The topological polar surface area (TPSA) is 54.5 Å². The Bertz CT molecular complexity index is 1160. The molecule has 0 bridgehead atoms. The monoisotopic (exact) mass is 403 g/mol. The van der Waals surface area contributed by atoms with E-state index < -0.39 is 14.7 Å². The summed E-state index contributed by atoms with van der Waals surface area (Å²) in [6, 6.07) is 24.7. The lowest BCUT2D eigenvalue weighted by Gasteiger charge is -2.38. The van der Waals surface area contributed by atoms with Crippen molar-refractivity contribution in [1.82, 2.24) is 4.90 Å². The fourth-order valence-corrected chi connectivity index (χ4v) is 6.19. The molecule has 1 heterocycles. The molecule has 0 aliphatic carbocycles. The predicted octanol–water partition coefficient (Wildman–Crippen LogP) is 4.55. The number of amides is 1. The van der Waals surface area contributed by atoms with Crippen molar-refractivity contribution in [3.63, 3.8) is 0 Å². The van der Waals surface area contributed by atoms with Crippen molar-refractivity contribution >= 4 is 15.7 Å². The van der Waals surface area contributed by atoms with E-state index in [9.17, 15) is 13.2 Å². The van der Waals surface area contributed by atoms with Crippen molar-refractivity contribution in [3.05, 3.63) is 114 Å². The smallest absolute Gasteiger partial charge is 0.256 e. The molecule has 3 aromatic rings. The number of rotatable bonds is 6. The van der Waals surface area contributed by atoms with Crippen LogP contribution in [0.25, 0.3) is 0 Å². The summed E-state index contributed by atoms with van der Waals surface area (Å²) >= 11 is 0. The summed E-state index contributed by atoms with van der Waals surface area (Å²) in [4.78, 5) is 13.5. The molecule has 29 heavy (non-hydrogen) atoms. The SMILES string of the molecule is C=CCC1(S(=O)(=O)c2ccccc2)c2ccccc2C(=O)N1Cc1ccccc1. The second-order valence-corrected chi connectivity index (χ2v) is 9.17. The van der Waals surface area contributed by atoms with Crippen LogP contribution >= 0.6 is 0 Å². The van der Waals surface area contributed by atoms with Crippen LogP contribution in [0.4, 0.5) is 0 Å². The van der Waals surface area contributed by atoms with Crippen LogP contribution in [0, 0.1) is 0 Å². The van der Waals surface area contributed by atoms with E-state index in [1.165, 1.54) is 4.90 Å². The van der Waals surface area contributed by atoms with Gasteiger partial charge in [0.2, 0.25) is 9.84 Å². The van der Waals surface area contributed by atoms with Gasteiger partial charge >= 0.3 is 0 Å². The molecule has 0 radical (unpaired) electrons. The summed E-state index contributed by atoms with van der Waals surface area (Å²) in [5.74, 6) is -0.286. The number of benzene rings is 3. The van der Waals surface area contributed by atoms with Crippen molar-refractivity contribution in [2.24, 2.45) is 0 Å². The lowest BCUT2D eigenvalue weighted by Crippen LogP contribution is -2.49. The van der Waals surface area contributed by atoms with Gasteiger partial charge in [-0.1, -0.05) is 72.8 Å². The van der Waals surface area contributed by atoms with Gasteiger partial charge in [0.05, 0.1) is 4.90 Å². The molecule has 3 aromatic carbocycles. The molecule has 146 valence electrons. The average Bonchev–Trinajstić information content (AvgIpc) is 2.99. The first-order valence-corrected chi connectivity index (χ1v) is 10.9. The van der Waals surface area contributed by atoms with Gasteiger partial charge in [0.25, 0.3) is 5.91 Å². The van der Waals surface area contributed by atoms with Crippen LogP contribution in [0.5, 0.6) is 0 Å². The van der Waals surface area contributed by atoms with Crippen molar-refractivity contribution < 1.29 is 13.2 Å².